The minimum Gasteiger partial charge on any atom is -0.378 e. The molecule has 106 valence electrons. The molecule has 2 rings (SSSR count). The summed E-state index contributed by atoms with van der Waals surface area (Å²) in [7, 11) is 1.90. The maximum Gasteiger partial charge on any atom is 0.236 e. The van der Waals surface area contributed by atoms with Crippen LogP contribution < -0.4 is 0 Å². The van der Waals surface area contributed by atoms with Gasteiger partial charge >= 0.3 is 0 Å². The Morgan fingerprint density at radius 2 is 2.21 bits per heavy atom. The van der Waals surface area contributed by atoms with E-state index in [4.69, 9.17) is 17.0 Å². The molecule has 0 aromatic carbocycles. The Hall–Kier alpha value is -0.830. The van der Waals surface area contributed by atoms with Gasteiger partial charge in [-0.05, 0) is 26.2 Å². The molecule has 2 heterocycles. The number of nitrogens with zero attached hydrogens (tertiary/aromatic N) is 4. The molecule has 1 aromatic heterocycles. The van der Waals surface area contributed by atoms with Gasteiger partial charge in [0.05, 0.1) is 26.4 Å². The molecule has 0 N–H and O–H groups in total. The Morgan fingerprint density at radius 1 is 1.53 bits per heavy atom. The Kier molecular flexibility index (Phi) is 5.03. The van der Waals surface area contributed by atoms with Crippen LogP contribution in [0.4, 0.5) is 0 Å². The Bertz CT molecular complexity index is 493. The highest BCUT2D eigenvalue weighted by Gasteiger charge is 2.18. The van der Waals surface area contributed by atoms with Crippen molar-refractivity contribution in [1.29, 1.82) is 0 Å². The highest BCUT2D eigenvalue weighted by Crippen LogP contribution is 2.07. The second-order valence-electron chi connectivity index (χ2n) is 4.54. The third-order valence-corrected chi connectivity index (χ3v) is 4.07. The van der Waals surface area contributed by atoms with Crippen molar-refractivity contribution in [3.63, 3.8) is 0 Å². The first kappa shape index (κ1) is 14.6. The van der Waals surface area contributed by atoms with E-state index in [1.165, 1.54) is 11.3 Å². The van der Waals surface area contributed by atoms with Crippen molar-refractivity contribution in [3.8, 4) is 0 Å². The van der Waals surface area contributed by atoms with Gasteiger partial charge in [-0.1, -0.05) is 11.3 Å². The summed E-state index contributed by atoms with van der Waals surface area (Å²) >= 11 is 6.70. The van der Waals surface area contributed by atoms with Gasteiger partial charge in [-0.2, -0.15) is 5.10 Å². The lowest BCUT2D eigenvalue weighted by molar-refractivity contribution is -0.136. The van der Waals surface area contributed by atoms with E-state index in [2.05, 4.69) is 5.10 Å². The SMILES string of the molecule is Cc1nn(CN(C)CC(=O)N2CCOCC2)c(=S)s1. The van der Waals surface area contributed by atoms with E-state index in [0.717, 1.165) is 8.96 Å². The zero-order chi connectivity index (χ0) is 13.8. The normalized spacial score (nSPS) is 16.1. The number of ether oxygens (including phenoxy) is 1. The van der Waals surface area contributed by atoms with Crippen molar-refractivity contribution >= 4 is 29.5 Å². The van der Waals surface area contributed by atoms with Crippen molar-refractivity contribution < 1.29 is 9.53 Å². The van der Waals surface area contributed by atoms with Gasteiger partial charge in [0.2, 0.25) is 5.91 Å². The number of morpholine rings is 1. The van der Waals surface area contributed by atoms with Crippen LogP contribution in [0.5, 0.6) is 0 Å². The number of rotatable bonds is 4. The fourth-order valence-electron chi connectivity index (χ4n) is 1.92. The van der Waals surface area contributed by atoms with E-state index >= 15 is 0 Å². The quantitative estimate of drug-likeness (QED) is 0.768. The maximum absolute atomic E-state index is 12.1. The van der Waals surface area contributed by atoms with E-state index in [1.807, 2.05) is 23.8 Å². The summed E-state index contributed by atoms with van der Waals surface area (Å²) in [5.74, 6) is 0.129. The molecule has 0 saturated carbocycles. The Labute approximate surface area is 121 Å². The van der Waals surface area contributed by atoms with Crippen LogP contribution in [0.25, 0.3) is 0 Å². The largest absolute Gasteiger partial charge is 0.378 e. The fraction of sp³-hybridized carbons (Fsp3) is 0.727. The molecule has 8 heteroatoms. The summed E-state index contributed by atoms with van der Waals surface area (Å²) in [6.07, 6.45) is 0. The summed E-state index contributed by atoms with van der Waals surface area (Å²) < 4.78 is 7.73. The number of amides is 1. The van der Waals surface area contributed by atoms with Crippen molar-refractivity contribution in [1.82, 2.24) is 19.6 Å². The van der Waals surface area contributed by atoms with Crippen molar-refractivity contribution in [2.75, 3.05) is 39.9 Å². The molecule has 1 aromatic rings. The van der Waals surface area contributed by atoms with Gasteiger partial charge in [0.25, 0.3) is 0 Å². The predicted molar refractivity (Wildman–Crippen MR) is 75.7 cm³/mol. The standard InChI is InChI=1S/C11H18N4O2S2/c1-9-12-15(11(18)19-9)8-13(2)7-10(16)14-3-5-17-6-4-14/h3-8H2,1-2H3. The van der Waals surface area contributed by atoms with Gasteiger partial charge in [-0.3, -0.25) is 9.69 Å². The average molecular weight is 302 g/mol. The van der Waals surface area contributed by atoms with Crippen molar-refractivity contribution in [2.24, 2.45) is 0 Å². The predicted octanol–water partition coefficient (Wildman–Crippen LogP) is 0.731. The molecule has 1 aliphatic heterocycles. The van der Waals surface area contributed by atoms with Crippen LogP contribution in [0, 0.1) is 10.9 Å². The lowest BCUT2D eigenvalue weighted by atomic mass is 10.4. The van der Waals surface area contributed by atoms with Gasteiger partial charge in [0.15, 0.2) is 3.95 Å². The number of hydrogen-bond acceptors (Lipinski definition) is 6. The number of carbonyl (C=O) groups is 1. The van der Waals surface area contributed by atoms with Crippen molar-refractivity contribution in [3.05, 3.63) is 8.96 Å². The molecular formula is C11H18N4O2S2. The third kappa shape index (κ3) is 4.07. The van der Waals surface area contributed by atoms with Gasteiger partial charge in [-0.25, -0.2) is 4.68 Å². The molecule has 0 bridgehead atoms. The zero-order valence-corrected chi connectivity index (χ0v) is 12.8. The molecule has 1 saturated heterocycles. The summed E-state index contributed by atoms with van der Waals surface area (Å²) in [5, 5.41) is 5.26. The van der Waals surface area contributed by atoms with Crippen LogP contribution in [0.1, 0.15) is 5.01 Å². The lowest BCUT2D eigenvalue weighted by Gasteiger charge is -2.28. The van der Waals surface area contributed by atoms with E-state index in [1.54, 1.807) is 4.68 Å². The molecule has 19 heavy (non-hydrogen) atoms. The van der Waals surface area contributed by atoms with Gasteiger partial charge in [-0.15, -0.1) is 0 Å². The van der Waals surface area contributed by atoms with E-state index < -0.39 is 0 Å². The smallest absolute Gasteiger partial charge is 0.236 e. The highest BCUT2D eigenvalue weighted by molar-refractivity contribution is 7.73. The summed E-state index contributed by atoms with van der Waals surface area (Å²) in [6, 6.07) is 0. The second kappa shape index (κ2) is 6.56. The monoisotopic (exact) mass is 302 g/mol. The molecule has 0 spiro atoms. The summed E-state index contributed by atoms with van der Waals surface area (Å²) in [4.78, 5) is 15.8. The lowest BCUT2D eigenvalue weighted by Crippen LogP contribution is -2.45. The van der Waals surface area contributed by atoms with Crippen LogP contribution in [0.15, 0.2) is 0 Å². The van der Waals surface area contributed by atoms with Gasteiger partial charge in [0, 0.05) is 13.1 Å². The first-order valence-corrected chi connectivity index (χ1v) is 7.37. The first-order valence-electron chi connectivity index (χ1n) is 6.15. The minimum absolute atomic E-state index is 0.129. The fourth-order valence-corrected chi connectivity index (χ4v) is 2.98. The van der Waals surface area contributed by atoms with Gasteiger partial charge < -0.3 is 9.64 Å². The average Bonchev–Trinajstić information content (AvgIpc) is 2.68. The van der Waals surface area contributed by atoms with E-state index in [-0.39, 0.29) is 5.91 Å². The number of carbonyl (C=O) groups excluding carboxylic acids is 1. The highest BCUT2D eigenvalue weighted by atomic mass is 32.1. The third-order valence-electron chi connectivity index (χ3n) is 2.85. The Morgan fingerprint density at radius 3 is 2.79 bits per heavy atom. The number of aromatic nitrogens is 2. The van der Waals surface area contributed by atoms with Gasteiger partial charge in [0.1, 0.15) is 5.01 Å². The first-order chi connectivity index (χ1) is 9.06. The van der Waals surface area contributed by atoms with Crippen molar-refractivity contribution in [2.45, 2.75) is 13.6 Å². The van der Waals surface area contributed by atoms with Crippen LogP contribution in [0.2, 0.25) is 0 Å². The van der Waals surface area contributed by atoms with E-state index in [0.29, 0.717) is 39.5 Å². The summed E-state index contributed by atoms with van der Waals surface area (Å²) in [6.45, 7) is 5.47. The van der Waals surface area contributed by atoms with E-state index in [9.17, 15) is 4.79 Å². The van der Waals surface area contributed by atoms with Crippen LogP contribution in [-0.2, 0) is 16.2 Å². The molecule has 0 radical (unpaired) electrons. The number of hydrogen-bond donors (Lipinski definition) is 0. The number of aryl methyl sites for hydroxylation is 1. The van der Waals surface area contributed by atoms with Crippen LogP contribution >= 0.6 is 23.6 Å². The molecule has 1 aliphatic rings. The maximum atomic E-state index is 12.1. The molecule has 1 amide bonds. The molecule has 0 atom stereocenters. The topological polar surface area (TPSA) is 50.6 Å². The molecule has 0 unspecified atom stereocenters. The minimum atomic E-state index is 0.129. The molecule has 1 fully saturated rings. The Balaban J connectivity index is 1.86. The number of likely N-dealkylation sites (N-methyl/N-ethyl adjacent to an activating group) is 1. The molecule has 0 aliphatic carbocycles. The zero-order valence-electron chi connectivity index (χ0n) is 11.2. The summed E-state index contributed by atoms with van der Waals surface area (Å²) in [5.41, 5.74) is 0. The van der Waals surface area contributed by atoms with Crippen LogP contribution in [0.3, 0.4) is 0 Å². The second-order valence-corrected chi connectivity index (χ2v) is 6.36. The molecule has 6 nitrogen and oxygen atoms in total. The molecular weight excluding hydrogens is 284 g/mol. The van der Waals surface area contributed by atoms with Crippen LogP contribution in [-0.4, -0.2) is 65.4 Å².